The zero-order valence-electron chi connectivity index (χ0n) is 13.3. The average molecular weight is 313 g/mol. The minimum Gasteiger partial charge on any atom is -0.454 e. The second-order valence-corrected chi connectivity index (χ2v) is 5.40. The van der Waals surface area contributed by atoms with E-state index >= 15 is 0 Å². The van der Waals surface area contributed by atoms with E-state index in [1.807, 2.05) is 18.2 Å². The Morgan fingerprint density at radius 2 is 2.04 bits per heavy atom. The third-order valence-electron chi connectivity index (χ3n) is 3.97. The Bertz CT molecular complexity index is 729. The van der Waals surface area contributed by atoms with Crippen LogP contribution in [0.1, 0.15) is 49.8 Å². The predicted octanol–water partition coefficient (Wildman–Crippen LogP) is 3.79. The van der Waals surface area contributed by atoms with Crippen LogP contribution in [0.15, 0.2) is 22.6 Å². The molecular formula is C17H19N3O3. The third-order valence-corrected chi connectivity index (χ3v) is 3.97. The highest BCUT2D eigenvalue weighted by molar-refractivity contribution is 5.48. The number of oxazole rings is 1. The Morgan fingerprint density at radius 3 is 2.78 bits per heavy atom. The van der Waals surface area contributed by atoms with Crippen LogP contribution in [0.3, 0.4) is 0 Å². The highest BCUT2D eigenvalue weighted by Gasteiger charge is 2.19. The summed E-state index contributed by atoms with van der Waals surface area (Å²) in [6, 6.07) is 7.83. The van der Waals surface area contributed by atoms with Gasteiger partial charge in [-0.2, -0.15) is 5.26 Å². The molecule has 2 aromatic rings. The van der Waals surface area contributed by atoms with Crippen molar-refractivity contribution in [3.8, 4) is 17.6 Å². The number of fused-ring (bicyclic) bond motifs is 1. The summed E-state index contributed by atoms with van der Waals surface area (Å²) in [6.45, 7) is 4.95. The van der Waals surface area contributed by atoms with Crippen molar-refractivity contribution in [2.24, 2.45) is 0 Å². The van der Waals surface area contributed by atoms with Crippen LogP contribution in [-0.2, 0) is 6.54 Å². The maximum atomic E-state index is 9.23. The summed E-state index contributed by atoms with van der Waals surface area (Å²) in [5.41, 5.74) is 1.31. The molecule has 0 atom stereocenters. The van der Waals surface area contributed by atoms with Crippen LogP contribution < -0.4 is 14.8 Å². The molecule has 1 aromatic carbocycles. The van der Waals surface area contributed by atoms with Crippen LogP contribution in [0, 0.1) is 11.3 Å². The van der Waals surface area contributed by atoms with E-state index in [4.69, 9.17) is 13.9 Å². The van der Waals surface area contributed by atoms with Crippen molar-refractivity contribution in [1.82, 2.24) is 4.98 Å². The second-order valence-electron chi connectivity index (χ2n) is 5.40. The molecule has 2 heterocycles. The van der Waals surface area contributed by atoms with Gasteiger partial charge < -0.3 is 19.2 Å². The summed E-state index contributed by atoms with van der Waals surface area (Å²) in [7, 11) is 0. The molecule has 1 aliphatic heterocycles. The monoisotopic (exact) mass is 313 g/mol. The normalized spacial score (nSPS) is 12.4. The van der Waals surface area contributed by atoms with E-state index in [0.29, 0.717) is 24.0 Å². The molecule has 0 radical (unpaired) electrons. The van der Waals surface area contributed by atoms with Crippen molar-refractivity contribution in [2.75, 3.05) is 12.1 Å². The smallest absolute Gasteiger partial charge is 0.232 e. The molecule has 0 fully saturated rings. The molecule has 0 bridgehead atoms. The van der Waals surface area contributed by atoms with Crippen LogP contribution in [0.2, 0.25) is 0 Å². The van der Waals surface area contributed by atoms with E-state index in [2.05, 4.69) is 30.2 Å². The Labute approximate surface area is 135 Å². The molecule has 0 spiro atoms. The van der Waals surface area contributed by atoms with E-state index in [1.54, 1.807) is 0 Å². The lowest BCUT2D eigenvalue weighted by molar-refractivity contribution is 0.174. The van der Waals surface area contributed by atoms with Crippen LogP contribution in [0.5, 0.6) is 11.5 Å². The number of rotatable bonds is 6. The Kier molecular flexibility index (Phi) is 4.38. The number of hydrogen-bond donors (Lipinski definition) is 1. The lowest BCUT2D eigenvalue weighted by Crippen LogP contribution is -2.00. The Morgan fingerprint density at radius 1 is 1.26 bits per heavy atom. The van der Waals surface area contributed by atoms with Crippen LogP contribution >= 0.6 is 0 Å². The van der Waals surface area contributed by atoms with Gasteiger partial charge in [-0.1, -0.05) is 19.9 Å². The largest absolute Gasteiger partial charge is 0.454 e. The molecule has 0 amide bonds. The van der Waals surface area contributed by atoms with Crippen LogP contribution in [0.25, 0.3) is 0 Å². The molecule has 1 aromatic heterocycles. The molecule has 0 saturated heterocycles. The number of nitrogens with one attached hydrogen (secondary N) is 1. The van der Waals surface area contributed by atoms with Gasteiger partial charge in [-0.3, -0.25) is 0 Å². The zero-order chi connectivity index (χ0) is 16.2. The Hall–Kier alpha value is -2.68. The van der Waals surface area contributed by atoms with E-state index in [9.17, 15) is 5.26 Å². The second kappa shape index (κ2) is 6.61. The first-order valence-electron chi connectivity index (χ1n) is 7.78. The van der Waals surface area contributed by atoms with Crippen LogP contribution in [-0.4, -0.2) is 11.8 Å². The first kappa shape index (κ1) is 15.2. The molecule has 6 nitrogen and oxygen atoms in total. The molecule has 6 heteroatoms. The van der Waals surface area contributed by atoms with Gasteiger partial charge in [-0.15, -0.1) is 0 Å². The maximum absolute atomic E-state index is 9.23. The van der Waals surface area contributed by atoms with Crippen molar-refractivity contribution >= 4 is 5.88 Å². The van der Waals surface area contributed by atoms with Crippen LogP contribution in [0.4, 0.5) is 5.88 Å². The summed E-state index contributed by atoms with van der Waals surface area (Å²) in [4.78, 5) is 4.31. The predicted molar refractivity (Wildman–Crippen MR) is 84.4 cm³/mol. The molecule has 1 N–H and O–H groups in total. The number of aromatic nitrogens is 1. The van der Waals surface area contributed by atoms with Crippen molar-refractivity contribution < 1.29 is 13.9 Å². The third kappa shape index (κ3) is 3.09. The highest BCUT2D eigenvalue weighted by atomic mass is 16.7. The Balaban J connectivity index is 1.74. The molecule has 0 aliphatic carbocycles. The van der Waals surface area contributed by atoms with E-state index in [-0.39, 0.29) is 12.7 Å². The summed E-state index contributed by atoms with van der Waals surface area (Å²) < 4.78 is 16.4. The number of hydrogen-bond acceptors (Lipinski definition) is 6. The van der Waals surface area contributed by atoms with Gasteiger partial charge in [0, 0.05) is 12.5 Å². The van der Waals surface area contributed by atoms with Gasteiger partial charge in [-0.05, 0) is 30.5 Å². The van der Waals surface area contributed by atoms with E-state index < -0.39 is 0 Å². The van der Waals surface area contributed by atoms with Gasteiger partial charge in [0.1, 0.15) is 6.07 Å². The van der Waals surface area contributed by atoms with Crippen molar-refractivity contribution in [3.63, 3.8) is 0 Å². The summed E-state index contributed by atoms with van der Waals surface area (Å²) in [5, 5.41) is 12.4. The fraction of sp³-hybridized carbons (Fsp3) is 0.412. The fourth-order valence-corrected chi connectivity index (χ4v) is 2.58. The van der Waals surface area contributed by atoms with Gasteiger partial charge in [0.15, 0.2) is 11.5 Å². The number of benzene rings is 1. The molecule has 23 heavy (non-hydrogen) atoms. The standard InChI is InChI=1S/C17H19N3O3/c1-3-12(4-2)16-20-13(8-18)17(23-16)19-9-11-5-6-14-15(7-11)22-10-21-14/h5-7,12,19H,3-4,9-10H2,1-2H3. The van der Waals surface area contributed by atoms with Gasteiger partial charge in [0.05, 0.1) is 0 Å². The van der Waals surface area contributed by atoms with Crippen molar-refractivity contribution in [3.05, 3.63) is 35.3 Å². The minimum absolute atomic E-state index is 0.239. The molecule has 120 valence electrons. The lowest BCUT2D eigenvalue weighted by atomic mass is 10.0. The molecule has 0 unspecified atom stereocenters. The lowest BCUT2D eigenvalue weighted by Gasteiger charge is -2.07. The molecule has 3 rings (SSSR count). The van der Waals surface area contributed by atoms with Gasteiger partial charge >= 0.3 is 0 Å². The number of nitrogens with zero attached hydrogens (tertiary/aromatic N) is 2. The van der Waals surface area contributed by atoms with Gasteiger partial charge in [-0.25, -0.2) is 4.98 Å². The average Bonchev–Trinajstić information content (AvgIpc) is 3.20. The van der Waals surface area contributed by atoms with Crippen molar-refractivity contribution in [2.45, 2.75) is 39.2 Å². The fourth-order valence-electron chi connectivity index (χ4n) is 2.58. The van der Waals surface area contributed by atoms with Gasteiger partial charge in [0.2, 0.25) is 24.3 Å². The molecule has 0 saturated carbocycles. The topological polar surface area (TPSA) is 80.3 Å². The SMILES string of the molecule is CCC(CC)c1nc(C#N)c(NCc2ccc3c(c2)OCO3)o1. The number of ether oxygens (including phenoxy) is 2. The zero-order valence-corrected chi connectivity index (χ0v) is 13.3. The minimum atomic E-state index is 0.239. The van der Waals surface area contributed by atoms with E-state index in [1.165, 1.54) is 0 Å². The maximum Gasteiger partial charge on any atom is 0.232 e. The molecule has 1 aliphatic rings. The number of anilines is 1. The first-order valence-corrected chi connectivity index (χ1v) is 7.78. The quantitative estimate of drug-likeness (QED) is 0.874. The van der Waals surface area contributed by atoms with Gasteiger partial charge in [0.25, 0.3) is 0 Å². The van der Waals surface area contributed by atoms with E-state index in [0.717, 1.165) is 29.9 Å². The summed E-state index contributed by atoms with van der Waals surface area (Å²) in [5.74, 6) is 2.78. The van der Waals surface area contributed by atoms with Crippen molar-refractivity contribution in [1.29, 1.82) is 5.26 Å². The highest BCUT2D eigenvalue weighted by Crippen LogP contribution is 2.33. The first-order chi connectivity index (χ1) is 11.2. The molecular weight excluding hydrogens is 294 g/mol. The summed E-state index contributed by atoms with van der Waals surface area (Å²) >= 11 is 0. The summed E-state index contributed by atoms with van der Waals surface area (Å²) in [6.07, 6.45) is 1.87. The number of nitriles is 1.